The fourth-order valence-corrected chi connectivity index (χ4v) is 3.82. The van der Waals surface area contributed by atoms with E-state index in [0.29, 0.717) is 31.6 Å². The number of aromatic nitrogens is 1. The fourth-order valence-electron chi connectivity index (χ4n) is 3.82. The molecule has 2 heterocycles. The second-order valence-corrected chi connectivity index (χ2v) is 6.94. The molecule has 1 aliphatic rings. The summed E-state index contributed by atoms with van der Waals surface area (Å²) in [6, 6.07) is 7.45. The Labute approximate surface area is 147 Å². The van der Waals surface area contributed by atoms with Crippen LogP contribution < -0.4 is 4.74 Å². The number of hydrogen-bond acceptors (Lipinski definition) is 4. The van der Waals surface area contributed by atoms with E-state index in [2.05, 4.69) is 4.98 Å². The first-order chi connectivity index (χ1) is 12.0. The molecule has 0 unspecified atom stereocenters. The first-order valence-corrected chi connectivity index (χ1v) is 8.78. The minimum atomic E-state index is -0.627. The number of likely N-dealkylation sites (tertiary alicyclic amines) is 1. The highest BCUT2D eigenvalue weighted by Gasteiger charge is 2.43. The highest BCUT2D eigenvalue weighted by molar-refractivity contribution is 5.98. The van der Waals surface area contributed by atoms with Crippen LogP contribution in [0.4, 0.5) is 0 Å². The van der Waals surface area contributed by atoms with Crippen LogP contribution in [-0.2, 0) is 0 Å². The number of piperidine rings is 1. The fraction of sp³-hybridized carbons (Fsp3) is 0.526. The number of amides is 1. The van der Waals surface area contributed by atoms with Gasteiger partial charge in [0.2, 0.25) is 0 Å². The number of aliphatic hydroxyl groups is 2. The van der Waals surface area contributed by atoms with Crippen molar-refractivity contribution in [3.63, 3.8) is 0 Å². The zero-order chi connectivity index (χ0) is 18.0. The Hall–Kier alpha value is -2.05. The number of fused-ring (bicyclic) bond motifs is 1. The molecule has 25 heavy (non-hydrogen) atoms. The van der Waals surface area contributed by atoms with Gasteiger partial charge in [0, 0.05) is 29.4 Å². The normalized spacial score (nSPS) is 23.8. The van der Waals surface area contributed by atoms with Gasteiger partial charge in [-0.15, -0.1) is 0 Å². The molecule has 1 aromatic heterocycles. The summed E-state index contributed by atoms with van der Waals surface area (Å²) in [5.74, 6) is 0.643. The Morgan fingerprint density at radius 1 is 1.44 bits per heavy atom. The summed E-state index contributed by atoms with van der Waals surface area (Å²) in [5.41, 5.74) is 0.768. The Balaban J connectivity index is 1.85. The van der Waals surface area contributed by atoms with E-state index in [1.54, 1.807) is 12.0 Å². The van der Waals surface area contributed by atoms with Crippen LogP contribution >= 0.6 is 0 Å². The summed E-state index contributed by atoms with van der Waals surface area (Å²) in [6.45, 7) is 2.77. The quantitative estimate of drug-likeness (QED) is 0.774. The van der Waals surface area contributed by atoms with E-state index >= 15 is 0 Å². The Bertz CT molecular complexity index is 757. The van der Waals surface area contributed by atoms with Gasteiger partial charge in [-0.1, -0.05) is 13.3 Å². The molecule has 1 aliphatic heterocycles. The smallest absolute Gasteiger partial charge is 0.270 e. The van der Waals surface area contributed by atoms with Gasteiger partial charge >= 0.3 is 0 Å². The molecule has 1 fully saturated rings. The lowest BCUT2D eigenvalue weighted by atomic mass is 9.74. The number of methoxy groups -OCH3 is 1. The summed E-state index contributed by atoms with van der Waals surface area (Å²) in [5, 5.41) is 21.2. The second kappa shape index (κ2) is 7.06. The molecular formula is C19H26N2O4. The summed E-state index contributed by atoms with van der Waals surface area (Å²) in [6.07, 6.45) is 1.46. The van der Waals surface area contributed by atoms with E-state index in [0.717, 1.165) is 23.1 Å². The molecule has 2 aromatic rings. The van der Waals surface area contributed by atoms with E-state index in [1.165, 1.54) is 0 Å². The van der Waals surface area contributed by atoms with Crippen molar-refractivity contribution in [2.75, 3.05) is 26.8 Å². The Morgan fingerprint density at radius 3 is 2.92 bits per heavy atom. The molecule has 136 valence electrons. The molecule has 0 bridgehead atoms. The molecule has 3 rings (SSSR count). The lowest BCUT2D eigenvalue weighted by Crippen LogP contribution is -2.55. The van der Waals surface area contributed by atoms with Gasteiger partial charge in [-0.2, -0.15) is 0 Å². The number of rotatable bonds is 5. The Kier molecular flexibility index (Phi) is 5.01. The Morgan fingerprint density at radius 2 is 2.24 bits per heavy atom. The number of nitrogens with zero attached hydrogens (tertiary/aromatic N) is 1. The summed E-state index contributed by atoms with van der Waals surface area (Å²) < 4.78 is 5.22. The molecule has 0 spiro atoms. The SMILES string of the molecule is CCC[C@@]1(CO)CN(C(=O)c2cc3cc(OC)ccc3[nH]2)CC[C@@H]1O. The van der Waals surface area contributed by atoms with E-state index in [-0.39, 0.29) is 12.5 Å². The molecular weight excluding hydrogens is 320 g/mol. The van der Waals surface area contributed by atoms with Crippen LogP contribution in [0.1, 0.15) is 36.7 Å². The lowest BCUT2D eigenvalue weighted by Gasteiger charge is -2.45. The number of carbonyl (C=O) groups is 1. The number of carbonyl (C=O) groups excluding carboxylic acids is 1. The van der Waals surface area contributed by atoms with Crippen molar-refractivity contribution in [2.45, 2.75) is 32.3 Å². The molecule has 1 aromatic carbocycles. The van der Waals surface area contributed by atoms with Crippen LogP contribution in [0.3, 0.4) is 0 Å². The molecule has 0 saturated carbocycles. The summed E-state index contributed by atoms with van der Waals surface area (Å²) in [7, 11) is 1.61. The minimum absolute atomic E-state index is 0.101. The van der Waals surface area contributed by atoms with Crippen LogP contribution in [0.25, 0.3) is 10.9 Å². The topological polar surface area (TPSA) is 85.8 Å². The van der Waals surface area contributed by atoms with Crippen molar-refractivity contribution in [2.24, 2.45) is 5.41 Å². The van der Waals surface area contributed by atoms with Gasteiger partial charge in [0.1, 0.15) is 11.4 Å². The number of benzene rings is 1. The van der Waals surface area contributed by atoms with Crippen LogP contribution in [-0.4, -0.2) is 58.9 Å². The predicted octanol–water partition coefficient (Wildman–Crippen LogP) is 2.16. The van der Waals surface area contributed by atoms with Gasteiger partial charge < -0.3 is 24.8 Å². The number of nitrogens with one attached hydrogen (secondary N) is 1. The molecule has 2 atom stereocenters. The molecule has 6 heteroatoms. The van der Waals surface area contributed by atoms with E-state index < -0.39 is 11.5 Å². The molecule has 6 nitrogen and oxygen atoms in total. The molecule has 1 saturated heterocycles. The first-order valence-electron chi connectivity index (χ1n) is 8.78. The van der Waals surface area contributed by atoms with Gasteiger partial charge in [0.05, 0.1) is 19.8 Å². The standard InChI is InChI=1S/C19H26N2O4/c1-3-7-19(12-22)11-21(8-6-17(19)23)18(24)16-10-13-9-14(25-2)4-5-15(13)20-16/h4-5,9-10,17,20,22-23H,3,6-8,11-12H2,1-2H3/t17-,19-/m0/s1. The monoisotopic (exact) mass is 346 g/mol. The highest BCUT2D eigenvalue weighted by Crippen LogP contribution is 2.35. The third kappa shape index (κ3) is 3.24. The highest BCUT2D eigenvalue weighted by atomic mass is 16.5. The maximum Gasteiger partial charge on any atom is 0.270 e. The average molecular weight is 346 g/mol. The van der Waals surface area contributed by atoms with Gasteiger partial charge in [-0.05, 0) is 37.1 Å². The van der Waals surface area contributed by atoms with Crippen LogP contribution in [0.2, 0.25) is 0 Å². The number of ether oxygens (including phenoxy) is 1. The number of aliphatic hydroxyl groups excluding tert-OH is 2. The maximum atomic E-state index is 12.9. The number of H-pyrrole nitrogens is 1. The largest absolute Gasteiger partial charge is 0.497 e. The van der Waals surface area contributed by atoms with Crippen molar-refractivity contribution in [1.29, 1.82) is 0 Å². The minimum Gasteiger partial charge on any atom is -0.497 e. The first kappa shape index (κ1) is 17.8. The van der Waals surface area contributed by atoms with Crippen molar-refractivity contribution < 1.29 is 19.7 Å². The van der Waals surface area contributed by atoms with E-state index in [4.69, 9.17) is 4.74 Å². The van der Waals surface area contributed by atoms with Crippen molar-refractivity contribution in [1.82, 2.24) is 9.88 Å². The van der Waals surface area contributed by atoms with Crippen LogP contribution in [0.5, 0.6) is 5.75 Å². The van der Waals surface area contributed by atoms with Crippen LogP contribution in [0, 0.1) is 5.41 Å². The zero-order valence-electron chi connectivity index (χ0n) is 14.8. The number of aromatic amines is 1. The molecule has 0 radical (unpaired) electrons. The third-order valence-electron chi connectivity index (χ3n) is 5.29. The molecule has 0 aliphatic carbocycles. The molecule has 1 amide bonds. The molecule has 3 N–H and O–H groups in total. The van der Waals surface area contributed by atoms with Gasteiger partial charge in [-0.3, -0.25) is 4.79 Å². The predicted molar refractivity (Wildman–Crippen MR) is 95.8 cm³/mol. The van der Waals surface area contributed by atoms with Crippen molar-refractivity contribution >= 4 is 16.8 Å². The van der Waals surface area contributed by atoms with Gasteiger partial charge in [0.25, 0.3) is 5.91 Å². The van der Waals surface area contributed by atoms with Crippen LogP contribution in [0.15, 0.2) is 24.3 Å². The van der Waals surface area contributed by atoms with E-state index in [1.807, 2.05) is 31.2 Å². The van der Waals surface area contributed by atoms with Crippen molar-refractivity contribution in [3.8, 4) is 5.75 Å². The lowest BCUT2D eigenvalue weighted by molar-refractivity contribution is -0.0721. The summed E-state index contributed by atoms with van der Waals surface area (Å²) >= 11 is 0. The number of hydrogen-bond donors (Lipinski definition) is 3. The van der Waals surface area contributed by atoms with Gasteiger partial charge in [0.15, 0.2) is 0 Å². The average Bonchev–Trinajstić information content (AvgIpc) is 3.06. The summed E-state index contributed by atoms with van der Waals surface area (Å²) in [4.78, 5) is 17.8. The zero-order valence-corrected chi connectivity index (χ0v) is 14.8. The van der Waals surface area contributed by atoms with Crippen molar-refractivity contribution in [3.05, 3.63) is 30.0 Å². The second-order valence-electron chi connectivity index (χ2n) is 6.94. The third-order valence-corrected chi connectivity index (χ3v) is 5.29. The van der Waals surface area contributed by atoms with Gasteiger partial charge in [-0.25, -0.2) is 0 Å². The van der Waals surface area contributed by atoms with E-state index in [9.17, 15) is 15.0 Å². The maximum absolute atomic E-state index is 12.9.